The molecule has 2 bridgehead atoms. The fourth-order valence-corrected chi connectivity index (χ4v) is 6.15. The third-order valence-corrected chi connectivity index (χ3v) is 7.67. The van der Waals surface area contributed by atoms with Gasteiger partial charge in [0.1, 0.15) is 0 Å². The monoisotopic (exact) mass is 505 g/mol. The Hall–Kier alpha value is -3.64. The molecule has 0 unspecified atom stereocenters. The van der Waals surface area contributed by atoms with Crippen molar-refractivity contribution in [3.8, 4) is 0 Å². The van der Waals surface area contributed by atoms with Gasteiger partial charge >= 0.3 is 6.18 Å². The highest BCUT2D eigenvalue weighted by Crippen LogP contribution is 2.59. The Balaban J connectivity index is 1.45. The number of anilines is 1. The van der Waals surface area contributed by atoms with E-state index in [1.165, 1.54) is 6.07 Å². The summed E-state index contributed by atoms with van der Waals surface area (Å²) < 4.78 is 40.3. The molecule has 2 aliphatic carbocycles. The van der Waals surface area contributed by atoms with Crippen molar-refractivity contribution >= 4 is 34.7 Å². The lowest BCUT2D eigenvalue weighted by molar-refractivity contribution is -0.137. The zero-order valence-corrected chi connectivity index (χ0v) is 19.5. The Bertz CT molecular complexity index is 1370. The molecule has 2 fully saturated rings. The summed E-state index contributed by atoms with van der Waals surface area (Å²) >= 11 is 5.76. The van der Waals surface area contributed by atoms with Crippen LogP contribution in [-0.4, -0.2) is 11.8 Å². The molecule has 3 aromatic rings. The molecular weight excluding hydrogens is 487 g/mol. The number of carbonyl (C=O) groups is 2. The summed E-state index contributed by atoms with van der Waals surface area (Å²) in [5.41, 5.74) is 2.80. The normalized spacial score (nSPS) is 24.6. The number of amides is 2. The minimum absolute atomic E-state index is 0.104. The van der Waals surface area contributed by atoms with Gasteiger partial charge in [-0.3, -0.25) is 9.59 Å². The summed E-state index contributed by atoms with van der Waals surface area (Å²) in [7, 11) is 0. The summed E-state index contributed by atoms with van der Waals surface area (Å²) in [4.78, 5) is 28.1. The van der Waals surface area contributed by atoms with E-state index >= 15 is 0 Å². The second-order valence-electron chi connectivity index (χ2n) is 9.22. The summed E-state index contributed by atoms with van der Waals surface area (Å²) in [6.07, 6.45) is -0.777. The van der Waals surface area contributed by atoms with Crippen LogP contribution in [0.1, 0.15) is 16.7 Å². The Morgan fingerprint density at radius 3 is 1.72 bits per heavy atom. The Labute approximate surface area is 210 Å². The third-order valence-electron chi connectivity index (χ3n) is 7.34. The maximum absolute atomic E-state index is 13.6. The van der Waals surface area contributed by atoms with Crippen LogP contribution in [0.4, 0.5) is 18.9 Å². The van der Waals surface area contributed by atoms with Crippen LogP contribution >= 0.6 is 11.6 Å². The maximum Gasteiger partial charge on any atom is 0.417 e. The molecule has 3 nitrogen and oxygen atoms in total. The van der Waals surface area contributed by atoms with E-state index in [-0.39, 0.29) is 17.5 Å². The SMILES string of the molecule is O=C1[C@H]2[C@H](C(=O)N1c1ccc(Cl)c(C(F)(F)F)c1)[C@H]1C=C[C@H]2C1=C(c1ccccc1)c1ccccc1. The number of nitrogens with zero attached hydrogens (tertiary/aromatic N) is 1. The van der Waals surface area contributed by atoms with Gasteiger partial charge in [-0.25, -0.2) is 4.90 Å². The molecule has 0 N–H and O–H groups in total. The number of hydrogen-bond acceptors (Lipinski definition) is 2. The van der Waals surface area contributed by atoms with Crippen molar-refractivity contribution in [2.24, 2.45) is 23.7 Å². The first kappa shape index (κ1) is 22.8. The van der Waals surface area contributed by atoms with E-state index in [4.69, 9.17) is 11.6 Å². The van der Waals surface area contributed by atoms with Gasteiger partial charge in [0.25, 0.3) is 0 Å². The molecule has 1 aliphatic heterocycles. The van der Waals surface area contributed by atoms with Gasteiger partial charge in [0.15, 0.2) is 0 Å². The number of benzene rings is 3. The van der Waals surface area contributed by atoms with E-state index in [0.717, 1.165) is 39.3 Å². The van der Waals surface area contributed by atoms with Crippen molar-refractivity contribution < 1.29 is 22.8 Å². The number of fused-ring (bicyclic) bond motifs is 5. The van der Waals surface area contributed by atoms with Gasteiger partial charge in [-0.1, -0.05) is 84.4 Å². The summed E-state index contributed by atoms with van der Waals surface area (Å²) in [6, 6.07) is 22.8. The second-order valence-corrected chi connectivity index (χ2v) is 9.63. The molecule has 36 heavy (non-hydrogen) atoms. The van der Waals surface area contributed by atoms with Crippen molar-refractivity contribution in [1.82, 2.24) is 0 Å². The van der Waals surface area contributed by atoms with Gasteiger partial charge in [0.05, 0.1) is 28.1 Å². The first-order valence-corrected chi connectivity index (χ1v) is 11.9. The lowest BCUT2D eigenvalue weighted by Gasteiger charge is -2.22. The lowest BCUT2D eigenvalue weighted by atomic mass is 9.85. The van der Waals surface area contributed by atoms with Crippen LogP contribution in [0.3, 0.4) is 0 Å². The zero-order valence-electron chi connectivity index (χ0n) is 18.7. The number of hydrogen-bond donors (Lipinski definition) is 0. The number of rotatable bonds is 3. The van der Waals surface area contributed by atoms with Crippen molar-refractivity contribution in [1.29, 1.82) is 0 Å². The van der Waals surface area contributed by atoms with E-state index in [2.05, 4.69) is 0 Å². The summed E-state index contributed by atoms with van der Waals surface area (Å²) in [5, 5.41) is -0.479. The number of allylic oxidation sites excluding steroid dienone is 3. The van der Waals surface area contributed by atoms with Crippen LogP contribution in [-0.2, 0) is 15.8 Å². The smallest absolute Gasteiger partial charge is 0.274 e. The number of imide groups is 1. The number of alkyl halides is 3. The van der Waals surface area contributed by atoms with E-state index in [1.54, 1.807) is 0 Å². The summed E-state index contributed by atoms with van der Waals surface area (Å²) in [5.74, 6) is -2.90. The predicted octanol–water partition coefficient (Wildman–Crippen LogP) is 6.78. The molecule has 0 aromatic heterocycles. The summed E-state index contributed by atoms with van der Waals surface area (Å²) in [6.45, 7) is 0. The minimum atomic E-state index is -4.70. The van der Waals surface area contributed by atoms with Crippen LogP contribution in [0.2, 0.25) is 5.02 Å². The van der Waals surface area contributed by atoms with Crippen molar-refractivity contribution in [3.05, 3.63) is 118 Å². The van der Waals surface area contributed by atoms with Gasteiger partial charge in [0, 0.05) is 11.8 Å². The third kappa shape index (κ3) is 3.35. The quantitative estimate of drug-likeness (QED) is 0.290. The number of carbonyl (C=O) groups excluding carboxylic acids is 2. The number of halogens is 4. The minimum Gasteiger partial charge on any atom is -0.274 e. The molecule has 3 aromatic carbocycles. The van der Waals surface area contributed by atoms with Crippen LogP contribution in [0, 0.1) is 23.7 Å². The van der Waals surface area contributed by atoms with Gasteiger partial charge in [-0.15, -0.1) is 0 Å². The van der Waals surface area contributed by atoms with Gasteiger partial charge in [0.2, 0.25) is 11.8 Å². The Morgan fingerprint density at radius 2 is 1.25 bits per heavy atom. The van der Waals surface area contributed by atoms with E-state index in [1.807, 2.05) is 72.8 Å². The highest BCUT2D eigenvalue weighted by atomic mass is 35.5. The molecule has 0 spiro atoms. The van der Waals surface area contributed by atoms with Crippen molar-refractivity contribution in [2.75, 3.05) is 4.90 Å². The van der Waals surface area contributed by atoms with Gasteiger partial charge in [-0.05, 0) is 40.5 Å². The molecular formula is C29H19ClF3NO2. The fourth-order valence-electron chi connectivity index (χ4n) is 5.93. The van der Waals surface area contributed by atoms with Gasteiger partial charge < -0.3 is 0 Å². The van der Waals surface area contributed by atoms with Crippen LogP contribution in [0.5, 0.6) is 0 Å². The first-order chi connectivity index (χ1) is 17.3. The Kier molecular flexibility index (Phi) is 5.20. The van der Waals surface area contributed by atoms with Crippen LogP contribution < -0.4 is 4.90 Å². The second kappa shape index (κ2) is 8.20. The molecule has 1 saturated heterocycles. The Morgan fingerprint density at radius 1 is 0.750 bits per heavy atom. The van der Waals surface area contributed by atoms with Crippen molar-refractivity contribution in [3.63, 3.8) is 0 Å². The topological polar surface area (TPSA) is 37.4 Å². The molecule has 1 saturated carbocycles. The average molecular weight is 506 g/mol. The zero-order chi connectivity index (χ0) is 25.2. The molecule has 180 valence electrons. The fraction of sp³-hybridized carbons (Fsp3) is 0.172. The van der Waals surface area contributed by atoms with Gasteiger partial charge in [-0.2, -0.15) is 13.2 Å². The highest BCUT2D eigenvalue weighted by Gasteiger charge is 2.62. The molecule has 0 radical (unpaired) electrons. The maximum atomic E-state index is 13.6. The lowest BCUT2D eigenvalue weighted by Crippen LogP contribution is -2.33. The molecule has 2 amide bonds. The molecule has 3 aliphatic rings. The first-order valence-electron chi connectivity index (χ1n) is 11.5. The van der Waals surface area contributed by atoms with Crippen molar-refractivity contribution in [2.45, 2.75) is 6.18 Å². The predicted molar refractivity (Wildman–Crippen MR) is 131 cm³/mol. The van der Waals surface area contributed by atoms with E-state index < -0.39 is 40.4 Å². The highest BCUT2D eigenvalue weighted by molar-refractivity contribution is 6.31. The molecule has 4 atom stereocenters. The molecule has 6 rings (SSSR count). The van der Waals surface area contributed by atoms with Crippen LogP contribution in [0.15, 0.2) is 96.6 Å². The van der Waals surface area contributed by atoms with E-state index in [9.17, 15) is 22.8 Å². The molecule has 7 heteroatoms. The molecule has 1 heterocycles. The van der Waals surface area contributed by atoms with Crippen LogP contribution in [0.25, 0.3) is 5.57 Å². The van der Waals surface area contributed by atoms with E-state index in [0.29, 0.717) is 0 Å². The largest absolute Gasteiger partial charge is 0.417 e. The standard InChI is InChI=1S/C29H19ClF3NO2/c30-22-14-11-18(15-21(22)29(31,32)33)34-27(35)25-19-12-13-20(26(25)28(34)36)24(19)23(16-7-3-1-4-8-16)17-9-5-2-6-10-17/h1-15,19-20,25-26H/t19-,20-,25+,26+/m0/s1. The average Bonchev–Trinajstić information content (AvgIpc) is 3.50.